The van der Waals surface area contributed by atoms with Crippen LogP contribution in [0.2, 0.25) is 5.02 Å². The third-order valence-corrected chi connectivity index (χ3v) is 3.58. The van der Waals surface area contributed by atoms with Gasteiger partial charge in [0.2, 0.25) is 0 Å². The number of thioether (sulfide) groups is 1. The van der Waals surface area contributed by atoms with Crippen LogP contribution in [0.4, 0.5) is 5.69 Å². The van der Waals surface area contributed by atoms with Crippen LogP contribution in [0.15, 0.2) is 47.6 Å². The average Bonchev–Trinajstić information content (AvgIpc) is 2.30. The molecule has 0 fully saturated rings. The number of hydrogen-bond donors (Lipinski definition) is 1. The SMILES string of the molecule is Nc1cccc(Cl)c1CSc1ccncc1. The number of aromatic nitrogens is 1. The lowest BCUT2D eigenvalue weighted by Crippen LogP contribution is -1.93. The Hall–Kier alpha value is -1.19. The Labute approximate surface area is 104 Å². The van der Waals surface area contributed by atoms with Gasteiger partial charge in [0.1, 0.15) is 0 Å². The van der Waals surface area contributed by atoms with E-state index in [0.717, 1.165) is 26.9 Å². The molecule has 0 atom stereocenters. The number of nitrogens with zero attached hydrogens (tertiary/aromatic N) is 1. The first-order valence-corrected chi connectivity index (χ1v) is 6.19. The summed E-state index contributed by atoms with van der Waals surface area (Å²) in [6, 6.07) is 9.53. The van der Waals surface area contributed by atoms with Crippen LogP contribution in [0, 0.1) is 0 Å². The molecule has 2 aromatic rings. The highest BCUT2D eigenvalue weighted by Gasteiger charge is 2.04. The van der Waals surface area contributed by atoms with Gasteiger partial charge in [0.25, 0.3) is 0 Å². The molecule has 1 aromatic carbocycles. The third kappa shape index (κ3) is 2.68. The molecule has 0 saturated carbocycles. The molecular formula is C12H11ClN2S. The normalized spacial score (nSPS) is 10.3. The summed E-state index contributed by atoms with van der Waals surface area (Å²) in [7, 11) is 0. The molecule has 0 saturated heterocycles. The maximum atomic E-state index is 6.09. The lowest BCUT2D eigenvalue weighted by Gasteiger charge is -2.07. The number of rotatable bonds is 3. The van der Waals surface area contributed by atoms with Gasteiger partial charge in [-0.15, -0.1) is 11.8 Å². The van der Waals surface area contributed by atoms with Gasteiger partial charge in [0, 0.05) is 39.3 Å². The fraction of sp³-hybridized carbons (Fsp3) is 0.0833. The largest absolute Gasteiger partial charge is 0.398 e. The summed E-state index contributed by atoms with van der Waals surface area (Å²) in [5.41, 5.74) is 7.61. The van der Waals surface area contributed by atoms with Crippen LogP contribution >= 0.6 is 23.4 Å². The molecule has 0 aliphatic heterocycles. The summed E-state index contributed by atoms with van der Waals surface area (Å²) in [5, 5.41) is 0.724. The van der Waals surface area contributed by atoms with Crippen LogP contribution in [0.3, 0.4) is 0 Å². The van der Waals surface area contributed by atoms with Gasteiger partial charge in [-0.2, -0.15) is 0 Å². The second kappa shape index (κ2) is 5.23. The quantitative estimate of drug-likeness (QED) is 0.668. The van der Waals surface area contributed by atoms with Crippen LogP contribution in [-0.4, -0.2) is 4.98 Å². The van der Waals surface area contributed by atoms with Crippen molar-refractivity contribution in [1.82, 2.24) is 4.98 Å². The number of hydrogen-bond acceptors (Lipinski definition) is 3. The van der Waals surface area contributed by atoms with E-state index in [4.69, 9.17) is 17.3 Å². The van der Waals surface area contributed by atoms with Gasteiger partial charge in [-0.3, -0.25) is 4.98 Å². The van der Waals surface area contributed by atoms with Crippen molar-refractivity contribution < 1.29 is 0 Å². The molecule has 4 heteroatoms. The molecule has 82 valence electrons. The van der Waals surface area contributed by atoms with Gasteiger partial charge < -0.3 is 5.73 Å². The molecule has 0 spiro atoms. The van der Waals surface area contributed by atoms with Crippen molar-refractivity contribution in [2.24, 2.45) is 0 Å². The molecule has 2 N–H and O–H groups in total. The Balaban J connectivity index is 2.11. The zero-order chi connectivity index (χ0) is 11.4. The number of nitrogen functional groups attached to an aromatic ring is 1. The van der Waals surface area contributed by atoms with Gasteiger partial charge >= 0.3 is 0 Å². The molecule has 1 aromatic heterocycles. The molecule has 2 rings (SSSR count). The van der Waals surface area contributed by atoms with E-state index in [0.29, 0.717) is 0 Å². The zero-order valence-electron chi connectivity index (χ0n) is 8.56. The predicted molar refractivity (Wildman–Crippen MR) is 69.7 cm³/mol. The summed E-state index contributed by atoms with van der Waals surface area (Å²) < 4.78 is 0. The highest BCUT2D eigenvalue weighted by Crippen LogP contribution is 2.29. The lowest BCUT2D eigenvalue weighted by molar-refractivity contribution is 1.26. The second-order valence-electron chi connectivity index (χ2n) is 3.28. The van der Waals surface area contributed by atoms with Gasteiger partial charge in [-0.1, -0.05) is 17.7 Å². The molecule has 0 amide bonds. The Morgan fingerprint density at radius 3 is 2.62 bits per heavy atom. The van der Waals surface area contributed by atoms with E-state index in [1.807, 2.05) is 30.3 Å². The summed E-state index contributed by atoms with van der Waals surface area (Å²) in [6.45, 7) is 0. The van der Waals surface area contributed by atoms with E-state index in [1.54, 1.807) is 24.2 Å². The molecule has 2 nitrogen and oxygen atoms in total. The Kier molecular flexibility index (Phi) is 3.70. The topological polar surface area (TPSA) is 38.9 Å². The maximum absolute atomic E-state index is 6.09. The molecule has 0 unspecified atom stereocenters. The molecule has 1 heterocycles. The third-order valence-electron chi connectivity index (χ3n) is 2.19. The van der Waals surface area contributed by atoms with Crippen LogP contribution in [-0.2, 0) is 5.75 Å². The molecule has 0 aliphatic rings. The van der Waals surface area contributed by atoms with E-state index in [2.05, 4.69) is 4.98 Å². The van der Waals surface area contributed by atoms with Crippen molar-refractivity contribution in [3.05, 3.63) is 53.3 Å². The first kappa shape index (κ1) is 11.3. The smallest absolute Gasteiger partial charge is 0.0467 e. The Bertz CT molecular complexity index is 453. The van der Waals surface area contributed by atoms with Crippen LogP contribution < -0.4 is 5.73 Å². The second-order valence-corrected chi connectivity index (χ2v) is 4.74. The first-order valence-electron chi connectivity index (χ1n) is 4.83. The Morgan fingerprint density at radius 1 is 1.19 bits per heavy atom. The zero-order valence-corrected chi connectivity index (χ0v) is 10.1. The van der Waals surface area contributed by atoms with E-state index in [9.17, 15) is 0 Å². The highest BCUT2D eigenvalue weighted by molar-refractivity contribution is 7.98. The number of nitrogens with two attached hydrogens (primary N) is 1. The van der Waals surface area contributed by atoms with Gasteiger partial charge in [0.15, 0.2) is 0 Å². The van der Waals surface area contributed by atoms with Crippen molar-refractivity contribution in [2.75, 3.05) is 5.73 Å². The van der Waals surface area contributed by atoms with Gasteiger partial charge in [0.05, 0.1) is 0 Å². The average molecular weight is 251 g/mol. The van der Waals surface area contributed by atoms with Crippen molar-refractivity contribution in [3.8, 4) is 0 Å². The number of halogens is 1. The number of benzene rings is 1. The van der Waals surface area contributed by atoms with E-state index in [1.165, 1.54) is 0 Å². The van der Waals surface area contributed by atoms with E-state index in [-0.39, 0.29) is 0 Å². The minimum absolute atomic E-state index is 0.724. The fourth-order valence-corrected chi connectivity index (χ4v) is 2.59. The number of anilines is 1. The first-order chi connectivity index (χ1) is 7.77. The highest BCUT2D eigenvalue weighted by atomic mass is 35.5. The summed E-state index contributed by atoms with van der Waals surface area (Å²) in [5.74, 6) is 0.773. The van der Waals surface area contributed by atoms with Crippen molar-refractivity contribution in [2.45, 2.75) is 10.6 Å². The van der Waals surface area contributed by atoms with Crippen LogP contribution in [0.25, 0.3) is 0 Å². The number of pyridine rings is 1. The molecule has 0 radical (unpaired) electrons. The van der Waals surface area contributed by atoms with Gasteiger partial charge in [-0.05, 0) is 24.3 Å². The summed E-state index contributed by atoms with van der Waals surface area (Å²) in [6.07, 6.45) is 3.55. The van der Waals surface area contributed by atoms with Crippen molar-refractivity contribution in [3.63, 3.8) is 0 Å². The minimum atomic E-state index is 0.724. The van der Waals surface area contributed by atoms with E-state index >= 15 is 0 Å². The summed E-state index contributed by atoms with van der Waals surface area (Å²) in [4.78, 5) is 5.13. The van der Waals surface area contributed by atoms with Crippen molar-refractivity contribution in [1.29, 1.82) is 0 Å². The fourth-order valence-electron chi connectivity index (χ4n) is 1.32. The predicted octanol–water partition coefficient (Wildman–Crippen LogP) is 3.61. The molecular weight excluding hydrogens is 240 g/mol. The van der Waals surface area contributed by atoms with Crippen LogP contribution in [0.5, 0.6) is 0 Å². The maximum Gasteiger partial charge on any atom is 0.0467 e. The molecule has 0 aliphatic carbocycles. The molecule has 0 bridgehead atoms. The van der Waals surface area contributed by atoms with Crippen molar-refractivity contribution >= 4 is 29.1 Å². The van der Waals surface area contributed by atoms with Crippen LogP contribution in [0.1, 0.15) is 5.56 Å². The Morgan fingerprint density at radius 2 is 1.94 bits per heavy atom. The monoisotopic (exact) mass is 250 g/mol. The van der Waals surface area contributed by atoms with Gasteiger partial charge in [-0.25, -0.2) is 0 Å². The molecule has 16 heavy (non-hydrogen) atoms. The standard InChI is InChI=1S/C12H11ClN2S/c13-11-2-1-3-12(14)10(11)8-16-9-4-6-15-7-5-9/h1-7H,8,14H2. The lowest BCUT2D eigenvalue weighted by atomic mass is 10.2. The van der Waals surface area contributed by atoms with E-state index < -0.39 is 0 Å². The minimum Gasteiger partial charge on any atom is -0.398 e. The summed E-state index contributed by atoms with van der Waals surface area (Å²) >= 11 is 7.79.